The zero-order valence-corrected chi connectivity index (χ0v) is 12.6. The first-order valence-electron chi connectivity index (χ1n) is 5.62. The van der Waals surface area contributed by atoms with Crippen LogP contribution < -0.4 is 0 Å². The predicted molar refractivity (Wildman–Crippen MR) is 76.7 cm³/mol. The maximum absolute atomic E-state index is 4.40. The van der Waals surface area contributed by atoms with E-state index in [2.05, 4.69) is 56.7 Å². The minimum Gasteiger partial charge on any atom is -0.250 e. The minimum absolute atomic E-state index is 0.604. The first-order valence-corrected chi connectivity index (χ1v) is 10.1. The summed E-state index contributed by atoms with van der Waals surface area (Å²) in [5.74, 6) is 0. The van der Waals surface area contributed by atoms with E-state index >= 15 is 0 Å². The van der Waals surface area contributed by atoms with Crippen molar-refractivity contribution in [3.05, 3.63) is 36.0 Å². The molecule has 1 heterocycles. The van der Waals surface area contributed by atoms with E-state index in [1.54, 1.807) is 0 Å². The topological polar surface area (TPSA) is 12.9 Å². The lowest BCUT2D eigenvalue weighted by Gasteiger charge is -2.25. The van der Waals surface area contributed by atoms with Crippen LogP contribution in [0.15, 0.2) is 41.1 Å². The van der Waals surface area contributed by atoms with Crippen LogP contribution in [0.25, 0.3) is 0 Å². The second-order valence-corrected chi connectivity index (χ2v) is 12.3. The van der Waals surface area contributed by atoms with E-state index < -0.39 is 8.07 Å². The fourth-order valence-corrected chi connectivity index (χ4v) is 4.80. The number of nitrogens with zero attached hydrogens (tertiary/aromatic N) is 1. The molecule has 0 aromatic carbocycles. The number of allylic oxidation sites excluding steroid dienone is 1. The van der Waals surface area contributed by atoms with Crippen molar-refractivity contribution in [1.29, 1.82) is 0 Å². The molecule has 0 aliphatic heterocycles. The average molecular weight is 251 g/mol. The van der Waals surface area contributed by atoms with E-state index in [-0.39, 0.29) is 0 Å². The van der Waals surface area contributed by atoms with Gasteiger partial charge < -0.3 is 0 Å². The molecule has 0 aliphatic carbocycles. The molecule has 0 saturated carbocycles. The van der Waals surface area contributed by atoms with Crippen LogP contribution in [-0.2, 0) is 0 Å². The van der Waals surface area contributed by atoms with Gasteiger partial charge in [0.2, 0.25) is 0 Å². The Balaban J connectivity index is 2.84. The summed E-state index contributed by atoms with van der Waals surface area (Å²) in [5.41, 5.74) is 1.40. The summed E-state index contributed by atoms with van der Waals surface area (Å²) in [6, 6.07) is 6.12. The number of pyridine rings is 1. The summed E-state index contributed by atoms with van der Waals surface area (Å²) in [5, 5.41) is 1.13. The zero-order valence-electron chi connectivity index (χ0n) is 10.8. The third-order valence-corrected chi connectivity index (χ3v) is 7.45. The van der Waals surface area contributed by atoms with Gasteiger partial charge in [0.05, 0.1) is 13.1 Å². The van der Waals surface area contributed by atoms with Gasteiger partial charge in [-0.2, -0.15) is 0 Å². The Labute approximate surface area is 104 Å². The van der Waals surface area contributed by atoms with Crippen LogP contribution in [0.5, 0.6) is 0 Å². The van der Waals surface area contributed by atoms with Crippen LogP contribution in [0.3, 0.4) is 0 Å². The Hall–Kier alpha value is -0.543. The van der Waals surface area contributed by atoms with Crippen molar-refractivity contribution in [2.24, 2.45) is 0 Å². The summed E-state index contributed by atoms with van der Waals surface area (Å²) in [6.07, 6.45) is 4.26. The van der Waals surface area contributed by atoms with Gasteiger partial charge in [0.1, 0.15) is 0 Å². The monoisotopic (exact) mass is 251 g/mol. The summed E-state index contributed by atoms with van der Waals surface area (Å²) in [4.78, 5) is 5.00. The smallest absolute Gasteiger partial charge is 0.0962 e. The molecule has 1 rings (SSSR count). The van der Waals surface area contributed by atoms with E-state index in [4.69, 9.17) is 0 Å². The number of thioether (sulfide) groups is 1. The quantitative estimate of drug-likeness (QED) is 0.447. The highest BCUT2D eigenvalue weighted by atomic mass is 32.2. The molecule has 0 fully saturated rings. The van der Waals surface area contributed by atoms with Crippen LogP contribution in [0.1, 0.15) is 13.8 Å². The van der Waals surface area contributed by atoms with Gasteiger partial charge in [-0.25, -0.2) is 4.98 Å². The summed E-state index contributed by atoms with van der Waals surface area (Å²) >= 11 is 1.90. The molecular weight excluding hydrogens is 230 g/mol. The van der Waals surface area contributed by atoms with Crippen molar-refractivity contribution in [3.8, 4) is 0 Å². The van der Waals surface area contributed by atoms with Gasteiger partial charge in [-0.05, 0) is 26.0 Å². The average Bonchev–Trinajstić information content (AvgIpc) is 2.16. The zero-order chi connectivity index (χ0) is 12.2. The van der Waals surface area contributed by atoms with Gasteiger partial charge in [0.15, 0.2) is 0 Å². The second-order valence-electron chi connectivity index (χ2n) is 5.32. The summed E-state index contributed by atoms with van der Waals surface area (Å²) < 4.78 is 0. The predicted octanol–water partition coefficient (Wildman–Crippen LogP) is 4.39. The van der Waals surface area contributed by atoms with Crippen molar-refractivity contribution in [3.63, 3.8) is 0 Å². The fourth-order valence-electron chi connectivity index (χ4n) is 1.31. The van der Waals surface area contributed by atoms with Crippen molar-refractivity contribution in [2.45, 2.75) is 43.4 Å². The first-order chi connectivity index (χ1) is 7.39. The van der Waals surface area contributed by atoms with Crippen LogP contribution >= 0.6 is 11.8 Å². The third-order valence-electron chi connectivity index (χ3n) is 2.22. The molecule has 1 unspecified atom stereocenters. The maximum Gasteiger partial charge on any atom is 0.0962 e. The molecule has 0 amide bonds. The molecule has 1 aromatic heterocycles. The molecular formula is C13H21NSSi. The van der Waals surface area contributed by atoms with Crippen LogP contribution in [0, 0.1) is 0 Å². The largest absolute Gasteiger partial charge is 0.250 e. The Morgan fingerprint density at radius 3 is 2.44 bits per heavy atom. The molecule has 1 atom stereocenters. The molecule has 0 bridgehead atoms. The molecule has 0 N–H and O–H groups in total. The first kappa shape index (κ1) is 13.5. The lowest BCUT2D eigenvalue weighted by Crippen LogP contribution is -2.34. The third kappa shape index (κ3) is 4.54. The number of aromatic nitrogens is 1. The molecule has 88 valence electrons. The molecule has 0 saturated heterocycles. The van der Waals surface area contributed by atoms with Crippen LogP contribution in [-0.4, -0.2) is 17.9 Å². The van der Waals surface area contributed by atoms with E-state index in [0.717, 1.165) is 5.03 Å². The molecule has 0 spiro atoms. The summed E-state index contributed by atoms with van der Waals surface area (Å²) in [7, 11) is -1.19. The lowest BCUT2D eigenvalue weighted by molar-refractivity contribution is 1.13. The molecule has 3 heteroatoms. The Morgan fingerprint density at radius 2 is 2.00 bits per heavy atom. The number of rotatable bonds is 4. The highest BCUT2D eigenvalue weighted by molar-refractivity contribution is 8.01. The maximum atomic E-state index is 4.40. The van der Waals surface area contributed by atoms with Crippen LogP contribution in [0.4, 0.5) is 0 Å². The Bertz CT molecular complexity index is 350. The SMILES string of the molecule is CC(C)=CC(Sc1ccccn1)[Si](C)(C)C. The van der Waals surface area contributed by atoms with E-state index in [1.165, 1.54) is 5.57 Å². The van der Waals surface area contributed by atoms with Crippen molar-refractivity contribution in [1.82, 2.24) is 4.98 Å². The highest BCUT2D eigenvalue weighted by Crippen LogP contribution is 2.29. The minimum atomic E-state index is -1.19. The molecule has 0 radical (unpaired) electrons. The van der Waals surface area contributed by atoms with Crippen LogP contribution in [0.2, 0.25) is 19.6 Å². The number of hydrogen-bond donors (Lipinski definition) is 0. The van der Waals surface area contributed by atoms with Gasteiger partial charge in [0, 0.05) is 11.1 Å². The number of hydrogen-bond acceptors (Lipinski definition) is 2. The van der Waals surface area contributed by atoms with Gasteiger partial charge in [0.25, 0.3) is 0 Å². The van der Waals surface area contributed by atoms with Gasteiger partial charge in [-0.15, -0.1) is 11.8 Å². The van der Waals surface area contributed by atoms with Gasteiger partial charge in [-0.3, -0.25) is 0 Å². The Morgan fingerprint density at radius 1 is 1.31 bits per heavy atom. The standard InChI is InChI=1S/C13H21NSSi/c1-11(2)10-13(16(3,4)5)15-12-8-6-7-9-14-12/h6-10,13H,1-5H3. The van der Waals surface area contributed by atoms with E-state index in [0.29, 0.717) is 4.87 Å². The highest BCUT2D eigenvalue weighted by Gasteiger charge is 2.25. The summed E-state index contributed by atoms with van der Waals surface area (Å²) in [6.45, 7) is 11.6. The van der Waals surface area contributed by atoms with E-state index in [9.17, 15) is 0 Å². The molecule has 1 aromatic rings. The normalized spacial score (nSPS) is 13.3. The Kier molecular flexibility index (Phi) is 4.81. The van der Waals surface area contributed by atoms with Gasteiger partial charge in [-0.1, -0.05) is 37.4 Å². The van der Waals surface area contributed by atoms with Crippen molar-refractivity contribution < 1.29 is 0 Å². The van der Waals surface area contributed by atoms with Gasteiger partial charge >= 0.3 is 0 Å². The molecule has 16 heavy (non-hydrogen) atoms. The molecule has 1 nitrogen and oxygen atoms in total. The fraction of sp³-hybridized carbons (Fsp3) is 0.462. The van der Waals surface area contributed by atoms with Crippen molar-refractivity contribution in [2.75, 3.05) is 0 Å². The van der Waals surface area contributed by atoms with Crippen molar-refractivity contribution >= 4 is 19.8 Å². The lowest BCUT2D eigenvalue weighted by atomic mass is 10.3. The van der Waals surface area contributed by atoms with E-state index in [1.807, 2.05) is 24.0 Å². The molecule has 0 aliphatic rings. The second kappa shape index (κ2) is 5.69.